The Labute approximate surface area is 164 Å². The minimum atomic E-state index is -2.83. The summed E-state index contributed by atoms with van der Waals surface area (Å²) in [6.07, 6.45) is 0.00863. The van der Waals surface area contributed by atoms with Crippen molar-refractivity contribution in [2.75, 3.05) is 17.4 Å². The van der Waals surface area contributed by atoms with E-state index in [1.54, 1.807) is 4.57 Å². The molecular weight excluding hydrogens is 403 g/mol. The van der Waals surface area contributed by atoms with Crippen molar-refractivity contribution in [2.24, 2.45) is 0 Å². The Morgan fingerprint density at radius 2 is 2.07 bits per heavy atom. The average Bonchev–Trinajstić information content (AvgIpc) is 3.25. The van der Waals surface area contributed by atoms with Gasteiger partial charge < -0.3 is 29.7 Å². The molecule has 2 saturated heterocycles. The van der Waals surface area contributed by atoms with Gasteiger partial charge in [0.05, 0.1) is 12.9 Å². The van der Waals surface area contributed by atoms with E-state index in [1.807, 2.05) is 30.3 Å². The molecule has 0 radical (unpaired) electrons. The third-order valence-electron chi connectivity index (χ3n) is 4.68. The Kier molecular flexibility index (Phi) is 4.31. The molecule has 5 rings (SSSR count). The Bertz CT molecular complexity index is 1070. The van der Waals surface area contributed by atoms with Crippen LogP contribution < -0.4 is 10.8 Å². The van der Waals surface area contributed by atoms with E-state index >= 15 is 0 Å². The van der Waals surface area contributed by atoms with Crippen molar-refractivity contribution in [3.63, 3.8) is 0 Å². The Morgan fingerprint density at radius 3 is 2.89 bits per heavy atom. The first-order valence-corrected chi connectivity index (χ1v) is 11.2. The van der Waals surface area contributed by atoms with Crippen molar-refractivity contribution in [2.45, 2.75) is 24.5 Å². The Balaban J connectivity index is 1.40. The molecule has 5 atom stereocenters. The summed E-state index contributed by atoms with van der Waals surface area (Å²) in [6.45, 7) is -2.62. The maximum absolute atomic E-state index is 10.9. The number of aliphatic hydroxyl groups is 1. The number of anilines is 2. The van der Waals surface area contributed by atoms with Crippen molar-refractivity contribution in [3.05, 3.63) is 43.0 Å². The number of nitrogen functional groups attached to an aromatic ring is 1. The van der Waals surface area contributed by atoms with E-state index < -0.39 is 31.2 Å². The zero-order valence-electron chi connectivity index (χ0n) is 14.5. The number of hydrogen-bond donors (Lipinski definition) is 3. The van der Waals surface area contributed by atoms with Crippen LogP contribution in [0.15, 0.2) is 43.0 Å². The van der Waals surface area contributed by atoms with Gasteiger partial charge in [-0.15, -0.1) is 0 Å². The predicted octanol–water partition coefficient (Wildman–Crippen LogP) is 1.42. The second kappa shape index (κ2) is 6.73. The summed E-state index contributed by atoms with van der Waals surface area (Å²) in [5, 5.41) is 14.0. The molecule has 2 aromatic heterocycles. The second-order valence-electron chi connectivity index (χ2n) is 6.48. The van der Waals surface area contributed by atoms with Gasteiger partial charge in [-0.1, -0.05) is 18.2 Å². The van der Waals surface area contributed by atoms with E-state index in [2.05, 4.69) is 20.0 Å². The first kappa shape index (κ1) is 17.9. The predicted molar refractivity (Wildman–Crippen MR) is 105 cm³/mol. The van der Waals surface area contributed by atoms with Crippen molar-refractivity contribution < 1.29 is 18.9 Å². The zero-order valence-corrected chi connectivity index (χ0v) is 16.2. The molecule has 4 N–H and O–H groups in total. The van der Waals surface area contributed by atoms with Crippen LogP contribution in [-0.2, 0) is 25.6 Å². The number of para-hydroxylation sites is 1. The highest BCUT2D eigenvalue weighted by Gasteiger charge is 2.51. The smallest absolute Gasteiger partial charge is 0.288 e. The summed E-state index contributed by atoms with van der Waals surface area (Å²) in [7, 11) is 0. The molecule has 5 unspecified atom stereocenters. The zero-order chi connectivity index (χ0) is 19.3. The topological polar surface area (TPSA) is 130 Å². The lowest BCUT2D eigenvalue weighted by molar-refractivity contribution is -0.0539. The molecule has 0 bridgehead atoms. The molecule has 12 heteroatoms. The lowest BCUT2D eigenvalue weighted by Gasteiger charge is -2.34. The van der Waals surface area contributed by atoms with E-state index in [4.69, 9.17) is 31.3 Å². The number of ether oxygens (including phenoxy) is 1. The molecule has 3 aromatic rings. The maximum atomic E-state index is 10.9. The fourth-order valence-corrected chi connectivity index (χ4v) is 5.73. The van der Waals surface area contributed by atoms with Crippen LogP contribution in [0.5, 0.6) is 0 Å². The van der Waals surface area contributed by atoms with E-state index in [9.17, 15) is 5.11 Å². The quantitative estimate of drug-likeness (QED) is 0.535. The fraction of sp³-hybridized carbons (Fsp3) is 0.312. The molecule has 0 spiro atoms. The van der Waals surface area contributed by atoms with Gasteiger partial charge >= 0.3 is 0 Å². The first-order valence-electron chi connectivity index (χ1n) is 8.57. The standard InChI is InChI=1S/C16H17N6O4PS/c17-14-11-15(19-7-18-14)22(8-20-11)16-12(23)13-10(25-16)6-24-27(28,26-13)21-9-4-2-1-3-5-9/h1-5,7-8,10,12-13,16,23H,6H2,(H,21,28)(H2,17,18,19). The highest BCUT2D eigenvalue weighted by molar-refractivity contribution is 8.10. The number of aromatic nitrogens is 4. The fourth-order valence-electron chi connectivity index (χ4n) is 3.36. The summed E-state index contributed by atoms with van der Waals surface area (Å²) < 4.78 is 19.4. The summed E-state index contributed by atoms with van der Waals surface area (Å²) in [4.78, 5) is 12.3. The van der Waals surface area contributed by atoms with Gasteiger partial charge in [0.25, 0.3) is 6.64 Å². The average molecular weight is 420 g/mol. The minimum Gasteiger partial charge on any atom is -0.386 e. The third kappa shape index (κ3) is 2.96. The molecule has 4 heterocycles. The van der Waals surface area contributed by atoms with Gasteiger partial charge in [-0.25, -0.2) is 15.0 Å². The number of nitrogens with one attached hydrogen (secondary N) is 1. The van der Waals surface area contributed by atoms with Crippen LogP contribution in [0.25, 0.3) is 11.2 Å². The number of fused-ring (bicyclic) bond motifs is 2. The van der Waals surface area contributed by atoms with Gasteiger partial charge in [0, 0.05) is 5.69 Å². The van der Waals surface area contributed by atoms with Gasteiger partial charge in [-0.05, 0) is 23.9 Å². The van der Waals surface area contributed by atoms with Crippen LogP contribution in [-0.4, -0.2) is 49.5 Å². The highest BCUT2D eigenvalue weighted by atomic mass is 32.5. The van der Waals surface area contributed by atoms with E-state index in [-0.39, 0.29) is 12.4 Å². The van der Waals surface area contributed by atoms with Crippen molar-refractivity contribution in [3.8, 4) is 0 Å². The molecule has 2 aliphatic heterocycles. The van der Waals surface area contributed by atoms with Gasteiger partial charge in [-0.3, -0.25) is 4.57 Å². The first-order chi connectivity index (χ1) is 13.5. The van der Waals surface area contributed by atoms with E-state index in [0.717, 1.165) is 5.69 Å². The number of rotatable bonds is 3. The normalized spacial score (nSPS) is 32.3. The minimum absolute atomic E-state index is 0.207. The summed E-state index contributed by atoms with van der Waals surface area (Å²) in [5.74, 6) is 0.260. The Hall–Kier alpha value is -2.14. The molecular formula is C16H17N6O4PS. The lowest BCUT2D eigenvalue weighted by atomic mass is 10.1. The SMILES string of the molecule is Nc1ncnc2c1ncn2C1OC2COP(=S)(Nc3ccccc3)OC2C1O. The molecule has 10 nitrogen and oxygen atoms in total. The largest absolute Gasteiger partial charge is 0.386 e. The number of nitrogens with zero attached hydrogens (tertiary/aromatic N) is 4. The van der Waals surface area contributed by atoms with Crippen LogP contribution in [0.1, 0.15) is 6.23 Å². The molecule has 1 aromatic carbocycles. The number of hydrogen-bond acceptors (Lipinski definition) is 9. The molecule has 28 heavy (non-hydrogen) atoms. The summed E-state index contributed by atoms with van der Waals surface area (Å²) in [6, 6.07) is 9.43. The lowest BCUT2D eigenvalue weighted by Crippen LogP contribution is -2.40. The molecule has 0 amide bonds. The monoisotopic (exact) mass is 420 g/mol. The molecule has 2 fully saturated rings. The summed E-state index contributed by atoms with van der Waals surface area (Å²) >= 11 is 5.58. The van der Waals surface area contributed by atoms with E-state index in [1.165, 1.54) is 12.7 Å². The Morgan fingerprint density at radius 1 is 1.25 bits per heavy atom. The van der Waals surface area contributed by atoms with Crippen molar-refractivity contribution in [1.29, 1.82) is 0 Å². The highest BCUT2D eigenvalue weighted by Crippen LogP contribution is 2.55. The number of nitrogens with two attached hydrogens (primary N) is 1. The molecule has 2 aliphatic rings. The van der Waals surface area contributed by atoms with Gasteiger partial charge in [0.2, 0.25) is 0 Å². The van der Waals surface area contributed by atoms with Gasteiger partial charge in [0.1, 0.15) is 30.2 Å². The number of imidazole rings is 1. The van der Waals surface area contributed by atoms with Crippen LogP contribution in [0.3, 0.4) is 0 Å². The number of aliphatic hydroxyl groups excluding tert-OH is 1. The van der Waals surface area contributed by atoms with E-state index in [0.29, 0.717) is 11.2 Å². The van der Waals surface area contributed by atoms with Gasteiger partial charge in [-0.2, -0.15) is 0 Å². The van der Waals surface area contributed by atoms with Crippen LogP contribution in [0.2, 0.25) is 0 Å². The number of benzene rings is 1. The van der Waals surface area contributed by atoms with Crippen LogP contribution in [0, 0.1) is 0 Å². The molecule has 0 aliphatic carbocycles. The van der Waals surface area contributed by atoms with Crippen molar-refractivity contribution >= 4 is 41.1 Å². The third-order valence-corrected chi connectivity index (χ3v) is 7.07. The van der Waals surface area contributed by atoms with Crippen molar-refractivity contribution in [1.82, 2.24) is 19.5 Å². The van der Waals surface area contributed by atoms with Crippen LogP contribution >= 0.6 is 6.64 Å². The molecule has 146 valence electrons. The summed E-state index contributed by atoms with van der Waals surface area (Å²) in [5.41, 5.74) is 7.55. The van der Waals surface area contributed by atoms with Crippen LogP contribution in [0.4, 0.5) is 11.5 Å². The van der Waals surface area contributed by atoms with Gasteiger partial charge in [0.15, 0.2) is 17.7 Å². The second-order valence-corrected chi connectivity index (χ2v) is 9.61. The maximum Gasteiger partial charge on any atom is 0.288 e. The molecule has 0 saturated carbocycles.